The lowest BCUT2D eigenvalue weighted by Crippen LogP contribution is -2.26. The van der Waals surface area contributed by atoms with E-state index in [0.29, 0.717) is 53.7 Å². The highest BCUT2D eigenvalue weighted by Gasteiger charge is 2.30. The van der Waals surface area contributed by atoms with Crippen molar-refractivity contribution in [3.8, 4) is 11.5 Å². The van der Waals surface area contributed by atoms with Gasteiger partial charge in [0.25, 0.3) is 5.91 Å². The number of thiazole rings is 1. The molecule has 0 spiro atoms. The standard InChI is InChI=1S/C30H29F4N3O3S/c1-39-26-11-10-20(15-27(26)40-2)12-13-37(17-22-7-3-4-9-24(22)31)18-28-36-25(19-41-28)29(38)35-16-21-6-5-8-23(14-21)30(32,33)34/h3-11,14-15,19H,12-13,16-18H2,1-2H3,(H,35,38). The highest BCUT2D eigenvalue weighted by atomic mass is 32.1. The molecule has 0 aliphatic heterocycles. The average molecular weight is 588 g/mol. The van der Waals surface area contributed by atoms with Crippen molar-refractivity contribution in [3.05, 3.63) is 111 Å². The second-order valence-electron chi connectivity index (χ2n) is 9.25. The highest BCUT2D eigenvalue weighted by Crippen LogP contribution is 2.30. The molecule has 1 aromatic heterocycles. The molecule has 1 heterocycles. The number of alkyl halides is 3. The van der Waals surface area contributed by atoms with Gasteiger partial charge in [-0.3, -0.25) is 9.69 Å². The SMILES string of the molecule is COc1ccc(CCN(Cc2nc(C(=O)NCc3cccc(C(F)(F)F)c3)cs2)Cc2ccccc2F)cc1OC. The zero-order valence-corrected chi connectivity index (χ0v) is 23.3. The Labute approximate surface area is 239 Å². The zero-order chi connectivity index (χ0) is 29.4. The van der Waals surface area contributed by atoms with Gasteiger partial charge in [-0.2, -0.15) is 13.2 Å². The van der Waals surface area contributed by atoms with Gasteiger partial charge in [-0.1, -0.05) is 36.4 Å². The summed E-state index contributed by atoms with van der Waals surface area (Å²) in [5.41, 5.74) is 1.27. The molecular formula is C30H29F4N3O3S. The smallest absolute Gasteiger partial charge is 0.416 e. The lowest BCUT2D eigenvalue weighted by atomic mass is 10.1. The number of halogens is 4. The van der Waals surface area contributed by atoms with Crippen molar-refractivity contribution >= 4 is 17.2 Å². The number of carbonyl (C=O) groups is 1. The second kappa shape index (κ2) is 13.6. The van der Waals surface area contributed by atoms with Crippen molar-refractivity contribution in [2.75, 3.05) is 20.8 Å². The van der Waals surface area contributed by atoms with Crippen molar-refractivity contribution < 1.29 is 31.8 Å². The molecule has 0 saturated heterocycles. The van der Waals surface area contributed by atoms with E-state index in [0.717, 1.165) is 17.7 Å². The molecule has 1 amide bonds. The molecule has 0 atom stereocenters. The molecule has 41 heavy (non-hydrogen) atoms. The van der Waals surface area contributed by atoms with Gasteiger partial charge < -0.3 is 14.8 Å². The number of ether oxygens (including phenoxy) is 2. The van der Waals surface area contributed by atoms with Crippen LogP contribution in [0.5, 0.6) is 11.5 Å². The minimum Gasteiger partial charge on any atom is -0.493 e. The van der Waals surface area contributed by atoms with Crippen molar-refractivity contribution in [2.24, 2.45) is 0 Å². The first-order chi connectivity index (χ1) is 19.7. The summed E-state index contributed by atoms with van der Waals surface area (Å²) in [5, 5.41) is 4.88. The van der Waals surface area contributed by atoms with Crippen LogP contribution in [0.1, 0.15) is 37.7 Å². The Morgan fingerprint density at radius 1 is 0.951 bits per heavy atom. The number of hydrogen-bond donors (Lipinski definition) is 1. The van der Waals surface area contributed by atoms with E-state index in [1.807, 2.05) is 23.1 Å². The summed E-state index contributed by atoms with van der Waals surface area (Å²) in [6, 6.07) is 17.0. The zero-order valence-electron chi connectivity index (χ0n) is 22.5. The van der Waals surface area contributed by atoms with E-state index in [9.17, 15) is 22.4 Å². The molecule has 0 aliphatic carbocycles. The predicted molar refractivity (Wildman–Crippen MR) is 148 cm³/mol. The van der Waals surface area contributed by atoms with Gasteiger partial charge in [0.05, 0.1) is 26.3 Å². The Morgan fingerprint density at radius 3 is 2.46 bits per heavy atom. The molecule has 3 aromatic carbocycles. The topological polar surface area (TPSA) is 63.7 Å². The summed E-state index contributed by atoms with van der Waals surface area (Å²) < 4.78 is 64.1. The fourth-order valence-electron chi connectivity index (χ4n) is 4.21. The van der Waals surface area contributed by atoms with Gasteiger partial charge in [0.2, 0.25) is 0 Å². The Bertz CT molecular complexity index is 1480. The molecule has 4 aromatic rings. The van der Waals surface area contributed by atoms with Gasteiger partial charge in [0.1, 0.15) is 16.5 Å². The normalized spacial score (nSPS) is 11.5. The van der Waals surface area contributed by atoms with Crippen LogP contribution in [0.15, 0.2) is 72.1 Å². The van der Waals surface area contributed by atoms with Crippen LogP contribution in [0.2, 0.25) is 0 Å². The van der Waals surface area contributed by atoms with E-state index in [1.54, 1.807) is 37.8 Å². The molecule has 0 bridgehead atoms. The average Bonchev–Trinajstić information content (AvgIpc) is 3.44. The number of benzene rings is 3. The number of nitrogens with zero attached hydrogens (tertiary/aromatic N) is 2. The first-order valence-electron chi connectivity index (χ1n) is 12.7. The van der Waals surface area contributed by atoms with Gasteiger partial charge >= 0.3 is 6.18 Å². The number of rotatable bonds is 12. The second-order valence-corrected chi connectivity index (χ2v) is 10.2. The maximum Gasteiger partial charge on any atom is 0.416 e. The third-order valence-electron chi connectivity index (χ3n) is 6.37. The Balaban J connectivity index is 1.43. The van der Waals surface area contributed by atoms with E-state index in [4.69, 9.17) is 9.47 Å². The number of methoxy groups -OCH3 is 2. The van der Waals surface area contributed by atoms with Crippen molar-refractivity contribution in [3.63, 3.8) is 0 Å². The van der Waals surface area contributed by atoms with Crippen LogP contribution in [-0.4, -0.2) is 36.6 Å². The van der Waals surface area contributed by atoms with E-state index in [-0.39, 0.29) is 18.1 Å². The lowest BCUT2D eigenvalue weighted by molar-refractivity contribution is -0.137. The fourth-order valence-corrected chi connectivity index (χ4v) is 5.03. The maximum atomic E-state index is 14.5. The third-order valence-corrected chi connectivity index (χ3v) is 7.20. The summed E-state index contributed by atoms with van der Waals surface area (Å²) >= 11 is 1.29. The third kappa shape index (κ3) is 8.27. The van der Waals surface area contributed by atoms with Gasteiger partial charge in [-0.15, -0.1) is 11.3 Å². The minimum absolute atomic E-state index is 0.0691. The number of hydrogen-bond acceptors (Lipinski definition) is 6. The molecule has 0 radical (unpaired) electrons. The molecular weight excluding hydrogens is 558 g/mol. The molecule has 1 N–H and O–H groups in total. The Morgan fingerprint density at radius 2 is 1.73 bits per heavy atom. The summed E-state index contributed by atoms with van der Waals surface area (Å²) in [5.74, 6) is 0.445. The van der Waals surface area contributed by atoms with Crippen LogP contribution in [0.4, 0.5) is 17.6 Å². The first-order valence-corrected chi connectivity index (χ1v) is 13.6. The predicted octanol–water partition coefficient (Wildman–Crippen LogP) is 6.49. The van der Waals surface area contributed by atoms with Crippen molar-refractivity contribution in [1.82, 2.24) is 15.2 Å². The van der Waals surface area contributed by atoms with Crippen LogP contribution in [0.25, 0.3) is 0 Å². The van der Waals surface area contributed by atoms with Gasteiger partial charge in [-0.25, -0.2) is 9.37 Å². The largest absolute Gasteiger partial charge is 0.493 e. The quantitative estimate of drug-likeness (QED) is 0.192. The highest BCUT2D eigenvalue weighted by molar-refractivity contribution is 7.09. The van der Waals surface area contributed by atoms with Crippen LogP contribution in [0.3, 0.4) is 0 Å². The molecule has 0 aliphatic rings. The molecule has 6 nitrogen and oxygen atoms in total. The maximum absolute atomic E-state index is 14.5. The molecule has 0 unspecified atom stereocenters. The summed E-state index contributed by atoms with van der Waals surface area (Å²) in [4.78, 5) is 19.2. The summed E-state index contributed by atoms with van der Waals surface area (Å²) in [6.45, 7) is 1.20. The number of carbonyl (C=O) groups excluding carboxylic acids is 1. The molecule has 0 saturated carbocycles. The van der Waals surface area contributed by atoms with Gasteiger partial charge in [-0.05, 0) is 47.9 Å². The monoisotopic (exact) mass is 587 g/mol. The molecule has 0 fully saturated rings. The Hall–Kier alpha value is -3.96. The molecule has 216 valence electrons. The molecule has 11 heteroatoms. The molecule has 4 rings (SSSR count). The summed E-state index contributed by atoms with van der Waals surface area (Å²) in [7, 11) is 3.14. The van der Waals surface area contributed by atoms with Crippen LogP contribution in [0, 0.1) is 5.82 Å². The Kier molecular flexibility index (Phi) is 9.95. The van der Waals surface area contributed by atoms with E-state index in [1.165, 1.54) is 29.5 Å². The number of nitrogens with one attached hydrogen (secondary N) is 1. The first kappa shape index (κ1) is 30.0. The van der Waals surface area contributed by atoms with Crippen LogP contribution in [-0.2, 0) is 32.2 Å². The number of aromatic nitrogens is 1. The van der Waals surface area contributed by atoms with Crippen LogP contribution < -0.4 is 14.8 Å². The van der Waals surface area contributed by atoms with Crippen molar-refractivity contribution in [2.45, 2.75) is 32.2 Å². The van der Waals surface area contributed by atoms with E-state index < -0.39 is 17.6 Å². The fraction of sp³-hybridized carbons (Fsp3) is 0.267. The van der Waals surface area contributed by atoms with E-state index >= 15 is 0 Å². The summed E-state index contributed by atoms with van der Waals surface area (Å²) in [6.07, 6.45) is -3.82. The van der Waals surface area contributed by atoms with Crippen molar-refractivity contribution in [1.29, 1.82) is 0 Å². The van der Waals surface area contributed by atoms with E-state index in [2.05, 4.69) is 10.3 Å². The lowest BCUT2D eigenvalue weighted by Gasteiger charge is -2.22. The van der Waals surface area contributed by atoms with Gasteiger partial charge in [0, 0.05) is 30.6 Å². The van der Waals surface area contributed by atoms with Crippen LogP contribution >= 0.6 is 11.3 Å². The number of amides is 1. The van der Waals surface area contributed by atoms with Gasteiger partial charge in [0.15, 0.2) is 11.5 Å². The minimum atomic E-state index is -4.46.